The molecular weight excluding hydrogens is 418 g/mol. The Morgan fingerprint density at radius 1 is 1.04 bits per heavy atom. The van der Waals surface area contributed by atoms with E-state index in [0.29, 0.717) is 34.9 Å². The summed E-state index contributed by atoms with van der Waals surface area (Å²) in [5.74, 6) is -0.329. The number of benzene rings is 2. The molecule has 0 unspecified atom stereocenters. The first-order valence-electron chi connectivity index (χ1n) is 8.28. The van der Waals surface area contributed by atoms with Crippen LogP contribution in [-0.4, -0.2) is 54.8 Å². The van der Waals surface area contributed by atoms with E-state index in [0.717, 1.165) is 17.6 Å². The summed E-state index contributed by atoms with van der Waals surface area (Å²) in [7, 11) is 2.04. The van der Waals surface area contributed by atoms with Gasteiger partial charge >= 0.3 is 0 Å². The van der Waals surface area contributed by atoms with Gasteiger partial charge in [-0.3, -0.25) is 9.59 Å². The normalized spacial score (nSPS) is 15.0. The maximum atomic E-state index is 12.7. The van der Waals surface area contributed by atoms with Gasteiger partial charge in [-0.1, -0.05) is 33.6 Å². The molecule has 0 spiro atoms. The number of carbonyl (C=O) groups excluding carboxylic acids is 2. The average molecular weight is 437 g/mol. The molecule has 136 valence electrons. The maximum absolute atomic E-state index is 12.7. The Hall–Kier alpha value is -1.89. The van der Waals surface area contributed by atoms with Gasteiger partial charge < -0.3 is 15.1 Å². The molecule has 1 N–H and O–H groups in total. The van der Waals surface area contributed by atoms with Crippen LogP contribution >= 0.6 is 27.5 Å². The van der Waals surface area contributed by atoms with Crippen molar-refractivity contribution in [2.45, 2.75) is 0 Å². The fourth-order valence-corrected chi connectivity index (χ4v) is 3.33. The molecule has 0 atom stereocenters. The monoisotopic (exact) mass is 435 g/mol. The minimum Gasteiger partial charge on any atom is -0.336 e. The number of likely N-dealkylation sites (N-methyl/N-ethyl adjacent to an activating group) is 1. The van der Waals surface area contributed by atoms with Crippen LogP contribution in [-0.2, 0) is 0 Å². The summed E-state index contributed by atoms with van der Waals surface area (Å²) in [6.45, 7) is 3.09. The molecule has 0 aliphatic carbocycles. The number of nitrogens with zero attached hydrogens (tertiary/aromatic N) is 2. The minimum absolute atomic E-state index is 0.0484. The van der Waals surface area contributed by atoms with E-state index in [9.17, 15) is 9.59 Å². The van der Waals surface area contributed by atoms with Crippen LogP contribution < -0.4 is 5.32 Å². The van der Waals surface area contributed by atoms with E-state index in [2.05, 4.69) is 26.1 Å². The summed E-state index contributed by atoms with van der Waals surface area (Å²) in [6, 6.07) is 12.0. The SMILES string of the molecule is CN1CCN(C(=O)c2ccc(Cl)c(NC(=O)c3cccc(Br)c3)c2)CC1. The molecule has 0 bridgehead atoms. The van der Waals surface area contributed by atoms with Crippen molar-refractivity contribution in [3.63, 3.8) is 0 Å². The Balaban J connectivity index is 1.77. The molecular formula is C19H19BrClN3O2. The van der Waals surface area contributed by atoms with Crippen molar-refractivity contribution >= 4 is 45.0 Å². The highest BCUT2D eigenvalue weighted by Gasteiger charge is 2.21. The fourth-order valence-electron chi connectivity index (χ4n) is 2.77. The lowest BCUT2D eigenvalue weighted by molar-refractivity contribution is 0.0664. The maximum Gasteiger partial charge on any atom is 0.255 e. The second-order valence-corrected chi connectivity index (χ2v) is 7.58. The van der Waals surface area contributed by atoms with Gasteiger partial charge in [0.05, 0.1) is 10.7 Å². The van der Waals surface area contributed by atoms with Gasteiger partial charge in [-0.2, -0.15) is 0 Å². The van der Waals surface area contributed by atoms with Gasteiger partial charge in [0.15, 0.2) is 0 Å². The predicted molar refractivity (Wildman–Crippen MR) is 107 cm³/mol. The van der Waals surface area contributed by atoms with Crippen LogP contribution in [0, 0.1) is 0 Å². The van der Waals surface area contributed by atoms with Crippen molar-refractivity contribution in [2.75, 3.05) is 38.5 Å². The Morgan fingerprint density at radius 3 is 2.46 bits per heavy atom. The highest BCUT2D eigenvalue weighted by Crippen LogP contribution is 2.25. The van der Waals surface area contributed by atoms with Crippen LogP contribution in [0.25, 0.3) is 0 Å². The van der Waals surface area contributed by atoms with Crippen LogP contribution in [0.5, 0.6) is 0 Å². The molecule has 3 rings (SSSR count). The van der Waals surface area contributed by atoms with Crippen molar-refractivity contribution < 1.29 is 9.59 Å². The molecule has 1 aliphatic heterocycles. The van der Waals surface area contributed by atoms with Gasteiger partial charge in [-0.05, 0) is 43.4 Å². The van der Waals surface area contributed by atoms with E-state index in [4.69, 9.17) is 11.6 Å². The summed E-state index contributed by atoms with van der Waals surface area (Å²) >= 11 is 9.56. The van der Waals surface area contributed by atoms with Gasteiger partial charge in [0.25, 0.3) is 11.8 Å². The molecule has 26 heavy (non-hydrogen) atoms. The Labute approximate surface area is 166 Å². The zero-order chi connectivity index (χ0) is 18.7. The lowest BCUT2D eigenvalue weighted by Gasteiger charge is -2.32. The summed E-state index contributed by atoms with van der Waals surface area (Å²) in [5, 5.41) is 3.18. The third-order valence-corrected chi connectivity index (χ3v) is 5.16. The van der Waals surface area contributed by atoms with Gasteiger partial charge in [-0.15, -0.1) is 0 Å². The summed E-state index contributed by atoms with van der Waals surface area (Å²) in [4.78, 5) is 29.2. The van der Waals surface area contributed by atoms with E-state index < -0.39 is 0 Å². The van der Waals surface area contributed by atoms with Gasteiger partial charge in [0, 0.05) is 41.8 Å². The van der Waals surface area contributed by atoms with Gasteiger partial charge in [-0.25, -0.2) is 0 Å². The predicted octanol–water partition coefficient (Wildman–Crippen LogP) is 3.74. The fraction of sp³-hybridized carbons (Fsp3) is 0.263. The van der Waals surface area contributed by atoms with Crippen LogP contribution in [0.15, 0.2) is 46.9 Å². The molecule has 1 saturated heterocycles. The van der Waals surface area contributed by atoms with Crippen molar-refractivity contribution in [3.05, 3.63) is 63.1 Å². The minimum atomic E-state index is -0.280. The summed E-state index contributed by atoms with van der Waals surface area (Å²) in [6.07, 6.45) is 0. The number of amides is 2. The molecule has 1 aliphatic rings. The molecule has 0 radical (unpaired) electrons. The third kappa shape index (κ3) is 4.44. The first-order valence-corrected chi connectivity index (χ1v) is 9.45. The first kappa shape index (κ1) is 18.9. The Kier molecular flexibility index (Phi) is 5.96. The molecule has 1 heterocycles. The number of halogens is 2. The topological polar surface area (TPSA) is 52.6 Å². The van der Waals surface area contributed by atoms with Crippen LogP contribution in [0.3, 0.4) is 0 Å². The van der Waals surface area contributed by atoms with E-state index in [1.807, 2.05) is 18.0 Å². The largest absolute Gasteiger partial charge is 0.336 e. The third-order valence-electron chi connectivity index (χ3n) is 4.34. The van der Waals surface area contributed by atoms with Crippen molar-refractivity contribution in [1.29, 1.82) is 0 Å². The molecule has 5 nitrogen and oxygen atoms in total. The molecule has 2 aromatic carbocycles. The average Bonchev–Trinajstić information content (AvgIpc) is 2.63. The number of nitrogens with one attached hydrogen (secondary N) is 1. The zero-order valence-electron chi connectivity index (χ0n) is 14.3. The van der Waals surface area contributed by atoms with E-state index in [1.54, 1.807) is 36.4 Å². The molecule has 0 saturated carbocycles. The second-order valence-electron chi connectivity index (χ2n) is 6.25. The molecule has 1 fully saturated rings. The molecule has 7 heteroatoms. The van der Waals surface area contributed by atoms with E-state index >= 15 is 0 Å². The van der Waals surface area contributed by atoms with Crippen LogP contribution in [0.4, 0.5) is 5.69 Å². The smallest absolute Gasteiger partial charge is 0.255 e. The number of carbonyl (C=O) groups is 2. The van der Waals surface area contributed by atoms with Crippen molar-refractivity contribution in [1.82, 2.24) is 9.80 Å². The zero-order valence-corrected chi connectivity index (χ0v) is 16.7. The van der Waals surface area contributed by atoms with Gasteiger partial charge in [0.2, 0.25) is 0 Å². The first-order chi connectivity index (χ1) is 12.4. The number of rotatable bonds is 3. The van der Waals surface area contributed by atoms with E-state index in [-0.39, 0.29) is 11.8 Å². The molecule has 2 aromatic rings. The highest BCUT2D eigenvalue weighted by molar-refractivity contribution is 9.10. The lowest BCUT2D eigenvalue weighted by Crippen LogP contribution is -2.47. The van der Waals surface area contributed by atoms with Crippen molar-refractivity contribution in [3.8, 4) is 0 Å². The Morgan fingerprint density at radius 2 is 1.77 bits per heavy atom. The molecule has 2 amide bonds. The Bertz CT molecular complexity index is 835. The molecule has 0 aromatic heterocycles. The number of anilines is 1. The number of hydrogen-bond donors (Lipinski definition) is 1. The van der Waals surface area contributed by atoms with E-state index in [1.165, 1.54) is 0 Å². The van der Waals surface area contributed by atoms with Crippen LogP contribution in [0.2, 0.25) is 5.02 Å². The summed E-state index contributed by atoms with van der Waals surface area (Å²) in [5.41, 5.74) is 1.45. The second kappa shape index (κ2) is 8.20. The number of piperazine rings is 1. The summed E-state index contributed by atoms with van der Waals surface area (Å²) < 4.78 is 0.815. The van der Waals surface area contributed by atoms with Crippen LogP contribution in [0.1, 0.15) is 20.7 Å². The van der Waals surface area contributed by atoms with Crippen molar-refractivity contribution in [2.24, 2.45) is 0 Å². The standard InChI is InChI=1S/C19H19BrClN3O2/c1-23-7-9-24(10-8-23)19(26)14-5-6-16(21)17(12-14)22-18(25)13-3-2-4-15(20)11-13/h2-6,11-12H,7-10H2,1H3,(H,22,25). The quantitative estimate of drug-likeness (QED) is 0.797. The lowest BCUT2D eigenvalue weighted by atomic mass is 10.1. The number of hydrogen-bond acceptors (Lipinski definition) is 3. The van der Waals surface area contributed by atoms with Gasteiger partial charge in [0.1, 0.15) is 0 Å². The highest BCUT2D eigenvalue weighted by atomic mass is 79.9.